The number of rotatable bonds is 9. The summed E-state index contributed by atoms with van der Waals surface area (Å²) in [5, 5.41) is 7.64. The van der Waals surface area contributed by atoms with E-state index in [0.29, 0.717) is 59.5 Å². The molecular weight excluding hydrogens is 530 g/mol. The second-order valence-corrected chi connectivity index (χ2v) is 9.85. The van der Waals surface area contributed by atoms with E-state index in [0.717, 1.165) is 30.5 Å². The van der Waals surface area contributed by atoms with Crippen molar-refractivity contribution in [1.82, 2.24) is 14.8 Å². The molecule has 0 saturated heterocycles. The minimum atomic E-state index is -0.345. The van der Waals surface area contributed by atoms with Gasteiger partial charge in [-0.2, -0.15) is 5.10 Å². The van der Waals surface area contributed by atoms with Crippen molar-refractivity contribution < 1.29 is 19.1 Å². The molecule has 1 aliphatic heterocycles. The van der Waals surface area contributed by atoms with E-state index in [9.17, 15) is 9.59 Å². The van der Waals surface area contributed by atoms with Crippen molar-refractivity contribution >= 4 is 34.8 Å². The third-order valence-corrected chi connectivity index (χ3v) is 6.97. The monoisotopic (exact) mass is 559 g/mol. The van der Waals surface area contributed by atoms with Gasteiger partial charge in [0.2, 0.25) is 0 Å². The summed E-state index contributed by atoms with van der Waals surface area (Å²) in [5.41, 5.74) is 3.25. The number of benzene rings is 3. The summed E-state index contributed by atoms with van der Waals surface area (Å²) >= 11 is 6.21. The predicted molar refractivity (Wildman–Crippen MR) is 154 cm³/mol. The van der Waals surface area contributed by atoms with Crippen LogP contribution in [0.3, 0.4) is 0 Å². The van der Waals surface area contributed by atoms with E-state index in [4.69, 9.17) is 21.1 Å². The summed E-state index contributed by atoms with van der Waals surface area (Å²) in [4.78, 5) is 32.6. The molecule has 206 valence electrons. The fourth-order valence-corrected chi connectivity index (χ4v) is 4.94. The van der Waals surface area contributed by atoms with E-state index in [2.05, 4.69) is 15.4 Å². The zero-order valence-electron chi connectivity index (χ0n) is 22.2. The first-order valence-electron chi connectivity index (χ1n) is 13.2. The van der Waals surface area contributed by atoms with Gasteiger partial charge < -0.3 is 19.7 Å². The number of fused-ring (bicyclic) bond motifs is 1. The molecule has 0 aliphatic carbocycles. The Morgan fingerprint density at radius 3 is 2.75 bits per heavy atom. The van der Waals surface area contributed by atoms with Crippen LogP contribution in [0.25, 0.3) is 0 Å². The van der Waals surface area contributed by atoms with Gasteiger partial charge >= 0.3 is 0 Å². The maximum absolute atomic E-state index is 13.6. The van der Waals surface area contributed by atoms with Gasteiger partial charge in [0.25, 0.3) is 11.8 Å². The number of methoxy groups -OCH3 is 1. The molecule has 9 nitrogen and oxygen atoms in total. The van der Waals surface area contributed by atoms with E-state index in [1.165, 1.54) is 13.4 Å². The fraction of sp³-hybridized carbons (Fsp3) is 0.267. The molecule has 0 radical (unpaired) electrons. The molecule has 0 saturated carbocycles. The van der Waals surface area contributed by atoms with Crippen molar-refractivity contribution in [1.29, 1.82) is 0 Å². The highest BCUT2D eigenvalue weighted by Gasteiger charge is 2.24. The number of para-hydroxylation sites is 1. The van der Waals surface area contributed by atoms with Crippen LogP contribution >= 0.6 is 11.6 Å². The van der Waals surface area contributed by atoms with Crippen LogP contribution in [0, 0.1) is 0 Å². The van der Waals surface area contributed by atoms with Crippen LogP contribution in [0.1, 0.15) is 45.5 Å². The van der Waals surface area contributed by atoms with Crippen LogP contribution in [-0.2, 0) is 13.0 Å². The summed E-state index contributed by atoms with van der Waals surface area (Å²) < 4.78 is 13.2. The molecule has 0 bridgehead atoms. The summed E-state index contributed by atoms with van der Waals surface area (Å²) in [7, 11) is 1.51. The predicted octanol–water partition coefficient (Wildman–Crippen LogP) is 5.64. The number of halogens is 1. The molecule has 4 aromatic rings. The number of carbonyl (C=O) groups is 2. The smallest absolute Gasteiger partial charge is 0.259 e. The third-order valence-electron chi connectivity index (χ3n) is 6.74. The van der Waals surface area contributed by atoms with Crippen LogP contribution in [-0.4, -0.2) is 46.8 Å². The quantitative estimate of drug-likeness (QED) is 0.266. The minimum Gasteiger partial charge on any atom is -0.495 e. The average molecular weight is 560 g/mol. The Balaban J connectivity index is 1.29. The molecule has 0 fully saturated rings. The second-order valence-electron chi connectivity index (χ2n) is 9.41. The van der Waals surface area contributed by atoms with E-state index < -0.39 is 0 Å². The van der Waals surface area contributed by atoms with E-state index in [-0.39, 0.29) is 11.8 Å². The molecule has 2 amide bonds. The van der Waals surface area contributed by atoms with Crippen molar-refractivity contribution in [2.75, 3.05) is 30.5 Å². The molecule has 0 spiro atoms. The van der Waals surface area contributed by atoms with Gasteiger partial charge in [-0.05, 0) is 73.4 Å². The number of amides is 2. The number of aryl methyl sites for hydroxylation is 2. The molecule has 5 rings (SSSR count). The normalized spacial score (nSPS) is 12.8. The van der Waals surface area contributed by atoms with Crippen LogP contribution < -0.4 is 19.7 Å². The third kappa shape index (κ3) is 6.26. The van der Waals surface area contributed by atoms with Crippen molar-refractivity contribution in [2.45, 2.75) is 32.2 Å². The van der Waals surface area contributed by atoms with Crippen molar-refractivity contribution in [2.24, 2.45) is 0 Å². The number of anilines is 2. The first-order chi connectivity index (χ1) is 19.5. The SMILES string of the molecule is COc1cc(C(=O)N2CCCCc3cc(Cl)ccc32)ccc1NC(=O)c1ccccc1OCCCn1cncn1. The molecule has 0 atom stereocenters. The van der Waals surface area contributed by atoms with Gasteiger partial charge in [-0.3, -0.25) is 14.3 Å². The first kappa shape index (κ1) is 27.2. The van der Waals surface area contributed by atoms with Gasteiger partial charge in [-0.25, -0.2) is 4.98 Å². The Hall–Kier alpha value is -4.37. The van der Waals surface area contributed by atoms with Crippen LogP contribution in [0.15, 0.2) is 73.3 Å². The lowest BCUT2D eigenvalue weighted by atomic mass is 10.1. The summed E-state index contributed by atoms with van der Waals surface area (Å²) in [6, 6.07) is 17.8. The maximum Gasteiger partial charge on any atom is 0.259 e. The summed E-state index contributed by atoms with van der Waals surface area (Å²) in [6.45, 7) is 1.69. The molecule has 3 aromatic carbocycles. The highest BCUT2D eigenvalue weighted by molar-refractivity contribution is 6.30. The number of carbonyl (C=O) groups excluding carboxylic acids is 2. The summed E-state index contributed by atoms with van der Waals surface area (Å²) in [6.07, 6.45) is 6.60. The van der Waals surface area contributed by atoms with Crippen molar-refractivity contribution in [3.8, 4) is 11.5 Å². The second kappa shape index (κ2) is 12.7. The Kier molecular flexibility index (Phi) is 8.61. The minimum absolute atomic E-state index is 0.133. The maximum atomic E-state index is 13.6. The van der Waals surface area contributed by atoms with E-state index in [1.807, 2.05) is 24.3 Å². The molecule has 1 aromatic heterocycles. The highest BCUT2D eigenvalue weighted by Crippen LogP contribution is 2.32. The Bertz CT molecular complexity index is 1490. The fourth-order valence-electron chi connectivity index (χ4n) is 4.74. The van der Waals surface area contributed by atoms with Gasteiger partial charge in [0.15, 0.2) is 0 Å². The van der Waals surface area contributed by atoms with Gasteiger partial charge in [0, 0.05) is 35.8 Å². The molecule has 2 heterocycles. The molecule has 0 unspecified atom stereocenters. The number of hydrogen-bond donors (Lipinski definition) is 1. The first-order valence-corrected chi connectivity index (χ1v) is 13.5. The van der Waals surface area contributed by atoms with Gasteiger partial charge in [0.05, 0.1) is 25.0 Å². The number of ether oxygens (including phenoxy) is 2. The highest BCUT2D eigenvalue weighted by atomic mass is 35.5. The zero-order valence-corrected chi connectivity index (χ0v) is 22.9. The van der Waals surface area contributed by atoms with E-state index >= 15 is 0 Å². The van der Waals surface area contributed by atoms with Gasteiger partial charge in [-0.1, -0.05) is 23.7 Å². The van der Waals surface area contributed by atoms with E-state index in [1.54, 1.807) is 52.3 Å². The number of aromatic nitrogens is 3. The lowest BCUT2D eigenvalue weighted by Gasteiger charge is -2.23. The number of nitrogens with zero attached hydrogens (tertiary/aromatic N) is 4. The molecule has 10 heteroatoms. The number of hydrogen-bond acceptors (Lipinski definition) is 6. The standard InChI is InChI=1S/C30H30ClN5O4/c1-39-28-18-22(30(38)36-15-5-4-7-21-17-23(31)11-13-26(21)36)10-12-25(28)34-29(37)24-8-2-3-9-27(24)40-16-6-14-35-20-32-19-33-35/h2-3,8-13,17-20H,4-7,14-16H2,1H3,(H,34,37). The van der Waals surface area contributed by atoms with Crippen LogP contribution in [0.4, 0.5) is 11.4 Å². The lowest BCUT2D eigenvalue weighted by Crippen LogP contribution is -2.31. The lowest BCUT2D eigenvalue weighted by molar-refractivity contribution is 0.0985. The molecule has 1 aliphatic rings. The van der Waals surface area contributed by atoms with Crippen LogP contribution in [0.5, 0.6) is 11.5 Å². The van der Waals surface area contributed by atoms with Crippen molar-refractivity contribution in [3.63, 3.8) is 0 Å². The van der Waals surface area contributed by atoms with Gasteiger partial charge in [-0.15, -0.1) is 0 Å². The topological polar surface area (TPSA) is 98.6 Å². The Morgan fingerprint density at radius 2 is 1.93 bits per heavy atom. The molecular formula is C30H30ClN5O4. The zero-order chi connectivity index (χ0) is 27.9. The largest absolute Gasteiger partial charge is 0.495 e. The average Bonchev–Trinajstić information content (AvgIpc) is 3.41. The Labute approximate surface area is 237 Å². The number of nitrogens with one attached hydrogen (secondary N) is 1. The van der Waals surface area contributed by atoms with Crippen LogP contribution in [0.2, 0.25) is 5.02 Å². The summed E-state index contributed by atoms with van der Waals surface area (Å²) in [5.74, 6) is 0.384. The van der Waals surface area contributed by atoms with Gasteiger partial charge in [0.1, 0.15) is 24.2 Å². The molecule has 40 heavy (non-hydrogen) atoms. The Morgan fingerprint density at radius 1 is 1.05 bits per heavy atom. The molecule has 1 N–H and O–H groups in total. The van der Waals surface area contributed by atoms with Crippen molar-refractivity contribution in [3.05, 3.63) is 95.0 Å².